The summed E-state index contributed by atoms with van der Waals surface area (Å²) in [6.45, 7) is 6.56. The number of ether oxygens (including phenoxy) is 1. The molecule has 0 aliphatic carbocycles. The summed E-state index contributed by atoms with van der Waals surface area (Å²) in [5.41, 5.74) is 3.00. The fraction of sp³-hybridized carbons (Fsp3) is 0.333. The van der Waals surface area contributed by atoms with Gasteiger partial charge in [-0.15, -0.1) is 0 Å². The molecule has 0 radical (unpaired) electrons. The number of carbonyl (C=O) groups is 1. The summed E-state index contributed by atoms with van der Waals surface area (Å²) in [6.07, 6.45) is 0. The van der Waals surface area contributed by atoms with Crippen molar-refractivity contribution in [2.24, 2.45) is 4.99 Å². The first-order chi connectivity index (χ1) is 13.1. The molecule has 0 aliphatic rings. The van der Waals surface area contributed by atoms with Crippen LogP contribution < -0.4 is 20.7 Å². The van der Waals surface area contributed by atoms with E-state index in [0.29, 0.717) is 25.2 Å². The standard InChI is InChI=1S/C21H28N4O2/c1-4-22-21(25-15-17-7-5-6-16(2)14-17)24-13-12-23-20(26)18-8-10-19(27-3)11-9-18/h5-11,14H,4,12-13,15H2,1-3H3,(H,23,26)(H2,22,24,25). The van der Waals surface area contributed by atoms with Crippen LogP contribution in [0.1, 0.15) is 28.4 Å². The number of benzene rings is 2. The van der Waals surface area contributed by atoms with Crippen LogP contribution in [0.5, 0.6) is 5.75 Å². The van der Waals surface area contributed by atoms with E-state index >= 15 is 0 Å². The van der Waals surface area contributed by atoms with Gasteiger partial charge in [-0.2, -0.15) is 0 Å². The van der Waals surface area contributed by atoms with Gasteiger partial charge in [0.25, 0.3) is 5.91 Å². The highest BCUT2D eigenvalue weighted by Crippen LogP contribution is 2.10. The van der Waals surface area contributed by atoms with Crippen LogP contribution in [0.25, 0.3) is 0 Å². The van der Waals surface area contributed by atoms with E-state index in [-0.39, 0.29) is 5.91 Å². The van der Waals surface area contributed by atoms with Crippen LogP contribution >= 0.6 is 0 Å². The average Bonchev–Trinajstić information content (AvgIpc) is 2.69. The molecule has 0 unspecified atom stereocenters. The monoisotopic (exact) mass is 368 g/mol. The molecular weight excluding hydrogens is 340 g/mol. The normalized spacial score (nSPS) is 11.0. The summed E-state index contributed by atoms with van der Waals surface area (Å²) >= 11 is 0. The van der Waals surface area contributed by atoms with E-state index < -0.39 is 0 Å². The lowest BCUT2D eigenvalue weighted by Crippen LogP contribution is -2.41. The van der Waals surface area contributed by atoms with Gasteiger partial charge in [-0.25, -0.2) is 4.99 Å². The van der Waals surface area contributed by atoms with Crippen molar-refractivity contribution < 1.29 is 9.53 Å². The molecule has 6 nitrogen and oxygen atoms in total. The minimum absolute atomic E-state index is 0.110. The van der Waals surface area contributed by atoms with Crippen molar-refractivity contribution in [3.8, 4) is 5.75 Å². The van der Waals surface area contributed by atoms with Crippen LogP contribution in [0.3, 0.4) is 0 Å². The third-order valence-electron chi connectivity index (χ3n) is 3.90. The largest absolute Gasteiger partial charge is 0.497 e. The molecule has 6 heteroatoms. The predicted molar refractivity (Wildman–Crippen MR) is 109 cm³/mol. The Bertz CT molecular complexity index is 757. The van der Waals surface area contributed by atoms with Crippen molar-refractivity contribution in [1.29, 1.82) is 0 Å². The van der Waals surface area contributed by atoms with E-state index in [4.69, 9.17) is 4.74 Å². The number of nitrogens with one attached hydrogen (secondary N) is 3. The smallest absolute Gasteiger partial charge is 0.251 e. The maximum absolute atomic E-state index is 12.1. The Labute approximate surface area is 161 Å². The molecule has 0 heterocycles. The molecule has 1 amide bonds. The minimum atomic E-state index is -0.110. The van der Waals surface area contributed by atoms with Crippen LogP contribution in [0.2, 0.25) is 0 Å². The molecule has 2 aromatic carbocycles. The van der Waals surface area contributed by atoms with Crippen LogP contribution in [-0.2, 0) is 6.54 Å². The highest BCUT2D eigenvalue weighted by atomic mass is 16.5. The minimum Gasteiger partial charge on any atom is -0.497 e. The molecule has 27 heavy (non-hydrogen) atoms. The number of aryl methyl sites for hydroxylation is 1. The summed E-state index contributed by atoms with van der Waals surface area (Å²) in [4.78, 5) is 16.7. The van der Waals surface area contributed by atoms with Crippen molar-refractivity contribution >= 4 is 11.9 Å². The van der Waals surface area contributed by atoms with Crippen LogP contribution in [0.4, 0.5) is 0 Å². The Morgan fingerprint density at radius 1 is 1.04 bits per heavy atom. The Kier molecular flexibility index (Phi) is 8.16. The third-order valence-corrected chi connectivity index (χ3v) is 3.90. The second-order valence-corrected chi connectivity index (χ2v) is 6.10. The number of hydrogen-bond acceptors (Lipinski definition) is 3. The van der Waals surface area contributed by atoms with Gasteiger partial charge < -0.3 is 20.7 Å². The second kappa shape index (κ2) is 10.9. The Hall–Kier alpha value is -3.02. The van der Waals surface area contributed by atoms with Gasteiger partial charge in [0.05, 0.1) is 13.7 Å². The first kappa shape index (κ1) is 20.3. The Morgan fingerprint density at radius 3 is 2.44 bits per heavy atom. The number of aliphatic imine (C=N–C) groups is 1. The molecule has 3 N–H and O–H groups in total. The lowest BCUT2D eigenvalue weighted by atomic mass is 10.1. The Morgan fingerprint density at radius 2 is 1.78 bits per heavy atom. The molecule has 144 valence electrons. The zero-order valence-corrected chi connectivity index (χ0v) is 16.2. The van der Waals surface area contributed by atoms with Gasteiger partial charge in [0, 0.05) is 25.2 Å². The van der Waals surface area contributed by atoms with E-state index in [9.17, 15) is 4.79 Å². The molecule has 2 aromatic rings. The first-order valence-electron chi connectivity index (χ1n) is 9.12. The lowest BCUT2D eigenvalue weighted by molar-refractivity contribution is 0.0954. The van der Waals surface area contributed by atoms with Gasteiger partial charge in [-0.1, -0.05) is 29.8 Å². The summed E-state index contributed by atoms with van der Waals surface area (Å²) in [6, 6.07) is 15.3. The SMILES string of the molecule is CCNC(=NCc1cccc(C)c1)NCCNC(=O)c1ccc(OC)cc1. The Balaban J connectivity index is 1.79. The second-order valence-electron chi connectivity index (χ2n) is 6.10. The predicted octanol–water partition coefficient (Wildman–Crippen LogP) is 2.49. The van der Waals surface area contributed by atoms with Crippen molar-refractivity contribution in [3.05, 3.63) is 65.2 Å². The van der Waals surface area contributed by atoms with Gasteiger partial charge in [0.15, 0.2) is 5.96 Å². The van der Waals surface area contributed by atoms with Crippen molar-refractivity contribution in [2.75, 3.05) is 26.7 Å². The number of methoxy groups -OCH3 is 1. The average molecular weight is 368 g/mol. The van der Waals surface area contributed by atoms with Gasteiger partial charge in [-0.3, -0.25) is 4.79 Å². The fourth-order valence-corrected chi connectivity index (χ4v) is 2.52. The van der Waals surface area contributed by atoms with Crippen LogP contribution in [0.15, 0.2) is 53.5 Å². The summed E-state index contributed by atoms with van der Waals surface area (Å²) in [5.74, 6) is 1.35. The number of amides is 1. The van der Waals surface area contributed by atoms with Gasteiger partial charge >= 0.3 is 0 Å². The molecule has 0 saturated heterocycles. The quantitative estimate of drug-likeness (QED) is 0.380. The number of nitrogens with zero attached hydrogens (tertiary/aromatic N) is 1. The van der Waals surface area contributed by atoms with Crippen molar-refractivity contribution in [2.45, 2.75) is 20.4 Å². The van der Waals surface area contributed by atoms with E-state index in [0.717, 1.165) is 18.3 Å². The first-order valence-corrected chi connectivity index (χ1v) is 9.12. The van der Waals surface area contributed by atoms with Crippen molar-refractivity contribution in [3.63, 3.8) is 0 Å². The summed E-state index contributed by atoms with van der Waals surface area (Å²) in [7, 11) is 1.60. The topological polar surface area (TPSA) is 74.8 Å². The van der Waals surface area contributed by atoms with E-state index in [1.807, 2.05) is 13.0 Å². The van der Waals surface area contributed by atoms with Crippen LogP contribution in [0, 0.1) is 6.92 Å². The molecule has 0 aliphatic heterocycles. The van der Waals surface area contributed by atoms with E-state index in [2.05, 4.69) is 46.1 Å². The summed E-state index contributed by atoms with van der Waals surface area (Å²) in [5, 5.41) is 9.34. The van der Waals surface area contributed by atoms with Gasteiger partial charge in [-0.05, 0) is 43.7 Å². The number of carbonyl (C=O) groups excluding carboxylic acids is 1. The van der Waals surface area contributed by atoms with E-state index in [1.165, 1.54) is 11.1 Å². The lowest BCUT2D eigenvalue weighted by Gasteiger charge is -2.12. The molecule has 0 aromatic heterocycles. The molecule has 0 bridgehead atoms. The molecule has 0 saturated carbocycles. The number of guanidine groups is 1. The zero-order chi connectivity index (χ0) is 19.5. The third kappa shape index (κ3) is 7.01. The highest BCUT2D eigenvalue weighted by Gasteiger charge is 2.05. The zero-order valence-electron chi connectivity index (χ0n) is 16.2. The molecule has 2 rings (SSSR count). The van der Waals surface area contributed by atoms with Crippen molar-refractivity contribution in [1.82, 2.24) is 16.0 Å². The molecular formula is C21H28N4O2. The summed E-state index contributed by atoms with van der Waals surface area (Å²) < 4.78 is 5.10. The number of rotatable bonds is 8. The van der Waals surface area contributed by atoms with Crippen LogP contribution in [-0.4, -0.2) is 38.6 Å². The molecule has 0 fully saturated rings. The molecule has 0 atom stereocenters. The maximum atomic E-state index is 12.1. The number of hydrogen-bond donors (Lipinski definition) is 3. The highest BCUT2D eigenvalue weighted by molar-refractivity contribution is 5.94. The van der Waals surface area contributed by atoms with E-state index in [1.54, 1.807) is 31.4 Å². The van der Waals surface area contributed by atoms with Gasteiger partial charge in [0.1, 0.15) is 5.75 Å². The molecule has 0 spiro atoms. The fourth-order valence-electron chi connectivity index (χ4n) is 2.52. The maximum Gasteiger partial charge on any atom is 0.251 e. The van der Waals surface area contributed by atoms with Gasteiger partial charge in [0.2, 0.25) is 0 Å².